The zero-order chi connectivity index (χ0) is 12.8. The molecule has 0 aliphatic carbocycles. The number of fused-ring (bicyclic) bond motifs is 1. The lowest BCUT2D eigenvalue weighted by atomic mass is 9.88. The Morgan fingerprint density at radius 2 is 1.78 bits per heavy atom. The Kier molecular flexibility index (Phi) is 2.50. The van der Waals surface area contributed by atoms with Gasteiger partial charge in [0.15, 0.2) is 5.60 Å². The normalized spacial score (nSPS) is 21.6. The van der Waals surface area contributed by atoms with Crippen LogP contribution < -0.4 is 5.32 Å². The van der Waals surface area contributed by atoms with Gasteiger partial charge in [-0.1, -0.05) is 52.3 Å². The smallest absolute Gasteiger partial charge is 0.265 e. The van der Waals surface area contributed by atoms with Crippen LogP contribution in [0.3, 0.4) is 0 Å². The molecule has 1 aliphatic rings. The monoisotopic (exact) mass is 303 g/mol. The van der Waals surface area contributed by atoms with Crippen molar-refractivity contribution < 1.29 is 9.90 Å². The third-order valence-corrected chi connectivity index (χ3v) is 3.80. The summed E-state index contributed by atoms with van der Waals surface area (Å²) in [5, 5.41) is 13.5. The van der Waals surface area contributed by atoms with Crippen molar-refractivity contribution in [2.45, 2.75) is 5.60 Å². The zero-order valence-electron chi connectivity index (χ0n) is 9.35. The second-order valence-corrected chi connectivity index (χ2v) is 5.05. The van der Waals surface area contributed by atoms with Crippen molar-refractivity contribution in [2.24, 2.45) is 0 Å². The number of nitrogens with one attached hydrogen (secondary N) is 1. The van der Waals surface area contributed by atoms with Crippen molar-refractivity contribution in [1.29, 1.82) is 0 Å². The molecule has 1 amide bonds. The summed E-state index contributed by atoms with van der Waals surface area (Å²) in [6, 6.07) is 14.3. The van der Waals surface area contributed by atoms with Crippen LogP contribution in [0.25, 0.3) is 0 Å². The van der Waals surface area contributed by atoms with E-state index in [1.54, 1.807) is 30.3 Å². The number of rotatable bonds is 1. The number of hydrogen-bond donors (Lipinski definition) is 2. The van der Waals surface area contributed by atoms with E-state index in [-0.39, 0.29) is 0 Å². The molecule has 1 unspecified atom stereocenters. The van der Waals surface area contributed by atoms with Gasteiger partial charge in [-0.2, -0.15) is 0 Å². The Labute approximate surface area is 113 Å². The van der Waals surface area contributed by atoms with Crippen LogP contribution in [-0.4, -0.2) is 11.0 Å². The molecule has 1 heterocycles. The Hall–Kier alpha value is -1.65. The molecule has 3 nitrogen and oxygen atoms in total. The number of carbonyl (C=O) groups is 1. The van der Waals surface area contributed by atoms with E-state index in [9.17, 15) is 9.90 Å². The zero-order valence-corrected chi connectivity index (χ0v) is 10.9. The van der Waals surface area contributed by atoms with Crippen LogP contribution >= 0.6 is 15.9 Å². The molecular formula is C14H10BrNO2. The largest absolute Gasteiger partial charge is 0.372 e. The summed E-state index contributed by atoms with van der Waals surface area (Å²) in [4.78, 5) is 12.1. The lowest BCUT2D eigenvalue weighted by Gasteiger charge is -2.22. The SMILES string of the molecule is O=C1Nc2cccc(Br)c2C1(O)c1ccccc1. The molecule has 2 N–H and O–H groups in total. The summed E-state index contributed by atoms with van der Waals surface area (Å²) in [6.45, 7) is 0. The highest BCUT2D eigenvalue weighted by Crippen LogP contribution is 2.44. The van der Waals surface area contributed by atoms with E-state index >= 15 is 0 Å². The quantitative estimate of drug-likeness (QED) is 0.851. The summed E-state index contributed by atoms with van der Waals surface area (Å²) >= 11 is 3.40. The highest BCUT2D eigenvalue weighted by molar-refractivity contribution is 9.10. The Balaban J connectivity index is 2.29. The van der Waals surface area contributed by atoms with Gasteiger partial charge in [-0.05, 0) is 17.7 Å². The van der Waals surface area contributed by atoms with Crippen molar-refractivity contribution in [3.8, 4) is 0 Å². The maximum atomic E-state index is 12.1. The van der Waals surface area contributed by atoms with Crippen molar-refractivity contribution in [2.75, 3.05) is 5.32 Å². The number of benzene rings is 2. The van der Waals surface area contributed by atoms with Gasteiger partial charge in [0.05, 0.1) is 0 Å². The van der Waals surface area contributed by atoms with Gasteiger partial charge in [-0.3, -0.25) is 4.79 Å². The number of halogens is 1. The minimum absolute atomic E-state index is 0.421. The van der Waals surface area contributed by atoms with Gasteiger partial charge in [-0.15, -0.1) is 0 Å². The maximum Gasteiger partial charge on any atom is 0.265 e. The molecule has 90 valence electrons. The highest BCUT2D eigenvalue weighted by Gasteiger charge is 2.47. The Morgan fingerprint density at radius 3 is 2.50 bits per heavy atom. The van der Waals surface area contributed by atoms with Gasteiger partial charge in [0.1, 0.15) is 0 Å². The van der Waals surface area contributed by atoms with Crippen LogP contribution in [0.5, 0.6) is 0 Å². The molecule has 0 radical (unpaired) electrons. The minimum Gasteiger partial charge on any atom is -0.372 e. The van der Waals surface area contributed by atoms with E-state index < -0.39 is 11.5 Å². The first-order valence-electron chi connectivity index (χ1n) is 5.52. The van der Waals surface area contributed by atoms with E-state index in [0.29, 0.717) is 21.3 Å². The van der Waals surface area contributed by atoms with Gasteiger partial charge in [-0.25, -0.2) is 0 Å². The average molecular weight is 304 g/mol. The predicted molar refractivity (Wildman–Crippen MR) is 72.2 cm³/mol. The van der Waals surface area contributed by atoms with Crippen LogP contribution in [0.2, 0.25) is 0 Å². The summed E-state index contributed by atoms with van der Waals surface area (Å²) < 4.78 is 0.713. The molecule has 2 aromatic carbocycles. The molecule has 0 bridgehead atoms. The molecule has 18 heavy (non-hydrogen) atoms. The predicted octanol–water partition coefficient (Wildman–Crippen LogP) is 2.64. The molecule has 0 spiro atoms. The fourth-order valence-corrected chi connectivity index (χ4v) is 2.93. The minimum atomic E-state index is -1.63. The maximum absolute atomic E-state index is 12.1. The molecule has 1 atom stereocenters. The van der Waals surface area contributed by atoms with Crippen molar-refractivity contribution in [3.63, 3.8) is 0 Å². The number of carbonyl (C=O) groups excluding carboxylic acids is 1. The third-order valence-electron chi connectivity index (χ3n) is 3.14. The van der Waals surface area contributed by atoms with Crippen LogP contribution in [0, 0.1) is 0 Å². The fourth-order valence-electron chi connectivity index (χ4n) is 2.28. The van der Waals surface area contributed by atoms with Gasteiger partial charge in [0.25, 0.3) is 5.91 Å². The van der Waals surface area contributed by atoms with Crippen molar-refractivity contribution in [1.82, 2.24) is 0 Å². The number of hydrogen-bond acceptors (Lipinski definition) is 2. The van der Waals surface area contributed by atoms with E-state index in [1.807, 2.05) is 18.2 Å². The fraction of sp³-hybridized carbons (Fsp3) is 0.0714. The second kappa shape index (κ2) is 3.93. The number of amides is 1. The first-order valence-corrected chi connectivity index (χ1v) is 6.31. The second-order valence-electron chi connectivity index (χ2n) is 4.19. The number of anilines is 1. The summed E-state index contributed by atoms with van der Waals surface area (Å²) in [6.07, 6.45) is 0. The van der Waals surface area contributed by atoms with Crippen LogP contribution in [-0.2, 0) is 10.4 Å². The van der Waals surface area contributed by atoms with E-state index in [4.69, 9.17) is 0 Å². The first kappa shape index (κ1) is 11.4. The summed E-state index contributed by atoms with van der Waals surface area (Å²) in [5.74, 6) is -0.421. The van der Waals surface area contributed by atoms with E-state index in [2.05, 4.69) is 21.2 Å². The highest BCUT2D eigenvalue weighted by atomic mass is 79.9. The summed E-state index contributed by atoms with van der Waals surface area (Å²) in [7, 11) is 0. The molecule has 1 aliphatic heterocycles. The van der Waals surface area contributed by atoms with E-state index in [1.165, 1.54) is 0 Å². The lowest BCUT2D eigenvalue weighted by Crippen LogP contribution is -2.35. The van der Waals surface area contributed by atoms with Crippen LogP contribution in [0.4, 0.5) is 5.69 Å². The van der Waals surface area contributed by atoms with Crippen LogP contribution in [0.1, 0.15) is 11.1 Å². The van der Waals surface area contributed by atoms with Crippen molar-refractivity contribution >= 4 is 27.5 Å². The van der Waals surface area contributed by atoms with Gasteiger partial charge in [0.2, 0.25) is 0 Å². The topological polar surface area (TPSA) is 49.3 Å². The molecular weight excluding hydrogens is 294 g/mol. The molecule has 3 rings (SSSR count). The molecule has 4 heteroatoms. The van der Waals surface area contributed by atoms with Gasteiger partial charge >= 0.3 is 0 Å². The Morgan fingerprint density at radius 1 is 1.06 bits per heavy atom. The molecule has 0 saturated carbocycles. The number of aliphatic hydroxyl groups is 1. The van der Waals surface area contributed by atoms with E-state index in [0.717, 1.165) is 0 Å². The molecule has 2 aromatic rings. The Bertz CT molecular complexity index is 627. The molecule has 0 aromatic heterocycles. The average Bonchev–Trinajstić information content (AvgIpc) is 2.65. The van der Waals surface area contributed by atoms with Gasteiger partial charge in [0, 0.05) is 15.7 Å². The van der Waals surface area contributed by atoms with Gasteiger partial charge < -0.3 is 10.4 Å². The summed E-state index contributed by atoms with van der Waals surface area (Å²) in [5.41, 5.74) is 0.145. The first-order chi connectivity index (χ1) is 8.64. The third kappa shape index (κ3) is 1.43. The molecule has 0 saturated heterocycles. The standard InChI is InChI=1S/C14H10BrNO2/c15-10-7-4-8-11-12(10)14(18,13(17)16-11)9-5-2-1-3-6-9/h1-8,18H,(H,16,17). The van der Waals surface area contributed by atoms with Crippen LogP contribution in [0.15, 0.2) is 53.0 Å². The lowest BCUT2D eigenvalue weighted by molar-refractivity contribution is -0.129. The molecule has 0 fully saturated rings. The van der Waals surface area contributed by atoms with Crippen molar-refractivity contribution in [3.05, 3.63) is 64.1 Å².